The van der Waals surface area contributed by atoms with Crippen molar-refractivity contribution >= 4 is 5.91 Å². The van der Waals surface area contributed by atoms with Gasteiger partial charge >= 0.3 is 0 Å². The molecule has 19 heavy (non-hydrogen) atoms. The van der Waals surface area contributed by atoms with Crippen molar-refractivity contribution in [2.45, 2.75) is 25.9 Å². The van der Waals surface area contributed by atoms with Crippen molar-refractivity contribution < 1.29 is 9.21 Å². The molecule has 1 aromatic carbocycles. The number of hydrogen-bond donors (Lipinski definition) is 2. The number of nitrogens with two attached hydrogens (primary N) is 1. The lowest BCUT2D eigenvalue weighted by Crippen LogP contribution is -2.27. The SMILES string of the molecule is CC(Cc1ccco1)NCc1ccc(C(N)=O)cc1. The molecule has 0 spiro atoms. The number of furan rings is 1. The summed E-state index contributed by atoms with van der Waals surface area (Å²) in [5, 5.41) is 3.41. The fraction of sp³-hybridized carbons (Fsp3) is 0.267. The summed E-state index contributed by atoms with van der Waals surface area (Å²) in [4.78, 5) is 11.0. The molecule has 2 rings (SSSR count). The zero-order chi connectivity index (χ0) is 13.7. The summed E-state index contributed by atoms with van der Waals surface area (Å²) in [6.45, 7) is 2.86. The predicted octanol–water partition coefficient (Wildman–Crippen LogP) is 2.10. The Bertz CT molecular complexity index is 518. The van der Waals surface area contributed by atoms with Crippen molar-refractivity contribution in [3.8, 4) is 0 Å². The van der Waals surface area contributed by atoms with E-state index in [1.807, 2.05) is 24.3 Å². The van der Waals surface area contributed by atoms with Crippen molar-refractivity contribution in [3.63, 3.8) is 0 Å². The molecule has 0 saturated carbocycles. The first-order valence-corrected chi connectivity index (χ1v) is 6.29. The van der Waals surface area contributed by atoms with E-state index in [1.54, 1.807) is 18.4 Å². The summed E-state index contributed by atoms with van der Waals surface area (Å²) in [7, 11) is 0. The van der Waals surface area contributed by atoms with Crippen LogP contribution in [0.5, 0.6) is 0 Å². The lowest BCUT2D eigenvalue weighted by molar-refractivity contribution is 0.100. The van der Waals surface area contributed by atoms with Gasteiger partial charge in [0.2, 0.25) is 5.91 Å². The van der Waals surface area contributed by atoms with Gasteiger partial charge in [0.15, 0.2) is 0 Å². The number of nitrogens with one attached hydrogen (secondary N) is 1. The quantitative estimate of drug-likeness (QED) is 0.833. The minimum Gasteiger partial charge on any atom is -0.469 e. The first-order valence-electron chi connectivity index (χ1n) is 6.29. The molecule has 1 amide bonds. The lowest BCUT2D eigenvalue weighted by atomic mass is 10.1. The van der Waals surface area contributed by atoms with Gasteiger partial charge in [-0.25, -0.2) is 0 Å². The van der Waals surface area contributed by atoms with E-state index in [-0.39, 0.29) is 0 Å². The van der Waals surface area contributed by atoms with Gasteiger partial charge in [-0.2, -0.15) is 0 Å². The lowest BCUT2D eigenvalue weighted by Gasteiger charge is -2.12. The van der Waals surface area contributed by atoms with Gasteiger partial charge in [0.05, 0.1) is 6.26 Å². The molecular formula is C15H18N2O2. The van der Waals surface area contributed by atoms with Crippen molar-refractivity contribution in [2.24, 2.45) is 5.73 Å². The molecule has 1 atom stereocenters. The van der Waals surface area contributed by atoms with Gasteiger partial charge in [0.1, 0.15) is 5.76 Å². The Morgan fingerprint density at radius 1 is 1.32 bits per heavy atom. The number of benzene rings is 1. The molecule has 3 N–H and O–H groups in total. The maximum Gasteiger partial charge on any atom is 0.248 e. The molecule has 0 fully saturated rings. The van der Waals surface area contributed by atoms with Crippen LogP contribution < -0.4 is 11.1 Å². The minimum atomic E-state index is -0.398. The molecule has 0 radical (unpaired) electrons. The highest BCUT2D eigenvalue weighted by atomic mass is 16.3. The number of hydrogen-bond acceptors (Lipinski definition) is 3. The van der Waals surface area contributed by atoms with E-state index in [9.17, 15) is 4.79 Å². The Balaban J connectivity index is 1.83. The maximum atomic E-state index is 11.0. The summed E-state index contributed by atoms with van der Waals surface area (Å²) in [5.41, 5.74) is 6.85. The second-order valence-electron chi connectivity index (χ2n) is 4.63. The average molecular weight is 258 g/mol. The summed E-state index contributed by atoms with van der Waals surface area (Å²) in [6, 6.07) is 11.5. The Kier molecular flexibility index (Phi) is 4.36. The van der Waals surface area contributed by atoms with Crippen LogP contribution in [0.3, 0.4) is 0 Å². The minimum absolute atomic E-state index is 0.321. The molecule has 2 aromatic rings. The van der Waals surface area contributed by atoms with Crippen LogP contribution in [0, 0.1) is 0 Å². The van der Waals surface area contributed by atoms with Crippen LogP contribution in [0.15, 0.2) is 47.1 Å². The standard InChI is InChI=1S/C15H18N2O2/c1-11(9-14-3-2-8-19-14)17-10-12-4-6-13(7-5-12)15(16)18/h2-8,11,17H,9-10H2,1H3,(H2,16,18). The topological polar surface area (TPSA) is 68.3 Å². The molecule has 0 bridgehead atoms. The molecule has 0 aliphatic carbocycles. The van der Waals surface area contributed by atoms with Crippen LogP contribution in [-0.2, 0) is 13.0 Å². The highest BCUT2D eigenvalue weighted by Gasteiger charge is 2.05. The molecule has 1 unspecified atom stereocenters. The van der Waals surface area contributed by atoms with Crippen LogP contribution in [0.4, 0.5) is 0 Å². The fourth-order valence-electron chi connectivity index (χ4n) is 1.88. The van der Waals surface area contributed by atoms with Crippen molar-refractivity contribution in [1.82, 2.24) is 5.32 Å². The van der Waals surface area contributed by atoms with Gasteiger partial charge in [0.25, 0.3) is 0 Å². The third-order valence-corrected chi connectivity index (χ3v) is 2.98. The first-order chi connectivity index (χ1) is 9.15. The molecular weight excluding hydrogens is 240 g/mol. The number of amides is 1. The van der Waals surface area contributed by atoms with Crippen LogP contribution in [0.1, 0.15) is 28.6 Å². The average Bonchev–Trinajstić information content (AvgIpc) is 2.89. The molecule has 1 heterocycles. The van der Waals surface area contributed by atoms with Gasteiger partial charge in [0, 0.05) is 24.6 Å². The number of carbonyl (C=O) groups is 1. The highest BCUT2D eigenvalue weighted by Crippen LogP contribution is 2.06. The molecule has 0 saturated heterocycles. The van der Waals surface area contributed by atoms with Gasteiger partial charge in [-0.15, -0.1) is 0 Å². The van der Waals surface area contributed by atoms with Gasteiger partial charge in [-0.3, -0.25) is 4.79 Å². The van der Waals surface area contributed by atoms with E-state index in [0.29, 0.717) is 11.6 Å². The predicted molar refractivity (Wildman–Crippen MR) is 73.7 cm³/mol. The molecule has 0 aliphatic heterocycles. The van der Waals surface area contributed by atoms with Crippen LogP contribution in [0.25, 0.3) is 0 Å². The summed E-state index contributed by atoms with van der Waals surface area (Å²) in [6.07, 6.45) is 2.54. The smallest absolute Gasteiger partial charge is 0.248 e. The number of rotatable bonds is 6. The molecule has 100 valence electrons. The van der Waals surface area contributed by atoms with Gasteiger partial charge in [-0.05, 0) is 36.8 Å². The second-order valence-corrected chi connectivity index (χ2v) is 4.63. The van der Waals surface area contributed by atoms with Gasteiger partial charge in [-0.1, -0.05) is 12.1 Å². The molecule has 1 aromatic heterocycles. The van der Waals surface area contributed by atoms with E-state index in [1.165, 1.54) is 0 Å². The van der Waals surface area contributed by atoms with Crippen molar-refractivity contribution in [3.05, 3.63) is 59.5 Å². The second kappa shape index (κ2) is 6.20. The third-order valence-electron chi connectivity index (χ3n) is 2.98. The monoisotopic (exact) mass is 258 g/mol. The zero-order valence-corrected chi connectivity index (χ0v) is 10.9. The third kappa shape index (κ3) is 3.96. The summed E-state index contributed by atoms with van der Waals surface area (Å²) >= 11 is 0. The van der Waals surface area contributed by atoms with Crippen LogP contribution in [-0.4, -0.2) is 11.9 Å². The van der Waals surface area contributed by atoms with Gasteiger partial charge < -0.3 is 15.5 Å². The van der Waals surface area contributed by atoms with Crippen molar-refractivity contribution in [1.29, 1.82) is 0 Å². The summed E-state index contributed by atoms with van der Waals surface area (Å²) < 4.78 is 5.31. The Morgan fingerprint density at radius 2 is 2.05 bits per heavy atom. The Labute approximate surface area is 112 Å². The largest absolute Gasteiger partial charge is 0.469 e. The van der Waals surface area contributed by atoms with Crippen LogP contribution in [0.2, 0.25) is 0 Å². The van der Waals surface area contributed by atoms with E-state index in [2.05, 4.69) is 12.2 Å². The van der Waals surface area contributed by atoms with E-state index in [0.717, 1.165) is 24.3 Å². The summed E-state index contributed by atoms with van der Waals surface area (Å²) in [5.74, 6) is 0.578. The normalized spacial score (nSPS) is 12.3. The number of primary amides is 1. The van der Waals surface area contributed by atoms with E-state index < -0.39 is 5.91 Å². The first kappa shape index (κ1) is 13.4. The molecule has 0 aliphatic rings. The highest BCUT2D eigenvalue weighted by molar-refractivity contribution is 5.92. The molecule has 4 nitrogen and oxygen atoms in total. The van der Waals surface area contributed by atoms with Crippen LogP contribution >= 0.6 is 0 Å². The molecule has 4 heteroatoms. The maximum absolute atomic E-state index is 11.0. The fourth-order valence-corrected chi connectivity index (χ4v) is 1.88. The van der Waals surface area contributed by atoms with E-state index >= 15 is 0 Å². The Hall–Kier alpha value is -2.07. The van der Waals surface area contributed by atoms with E-state index in [4.69, 9.17) is 10.2 Å². The Morgan fingerprint density at radius 3 is 2.63 bits per heavy atom. The zero-order valence-electron chi connectivity index (χ0n) is 10.9. The van der Waals surface area contributed by atoms with Crippen molar-refractivity contribution in [2.75, 3.05) is 0 Å². The number of carbonyl (C=O) groups excluding carboxylic acids is 1.